The van der Waals surface area contributed by atoms with Crippen LogP contribution >= 0.6 is 0 Å². The Kier molecular flexibility index (Phi) is 5.54. The van der Waals surface area contributed by atoms with Gasteiger partial charge in [0, 0.05) is 6.42 Å². The molecule has 1 unspecified atom stereocenters. The maximum Gasteiger partial charge on any atom is 0.239 e. The first-order valence-corrected chi connectivity index (χ1v) is 5.22. The second kappa shape index (κ2) is 7.16. The van der Waals surface area contributed by atoms with Crippen LogP contribution in [0.4, 0.5) is 0 Å². The lowest BCUT2D eigenvalue weighted by molar-refractivity contribution is -0.376. The van der Waals surface area contributed by atoms with Crippen molar-refractivity contribution in [1.82, 2.24) is 10.5 Å². The number of carbonyl (C=O) groups is 1. The summed E-state index contributed by atoms with van der Waals surface area (Å²) in [4.78, 5) is 25.1. The highest BCUT2D eigenvalue weighted by atomic mass is 17.1. The van der Waals surface area contributed by atoms with Gasteiger partial charge < -0.3 is 25.4 Å². The Morgan fingerprint density at radius 2 is 2.53 bits per heavy atom. The minimum atomic E-state index is -1.33. The van der Waals surface area contributed by atoms with Gasteiger partial charge in [-0.1, -0.05) is 0 Å². The molecule has 0 fully saturated rings. The third-order valence-corrected chi connectivity index (χ3v) is 2.19. The molecule has 1 heterocycles. The summed E-state index contributed by atoms with van der Waals surface area (Å²) in [5.41, 5.74) is 6.54. The number of rotatable bonds is 8. The lowest BCUT2D eigenvalue weighted by Crippen LogP contribution is -2.50. The highest BCUT2D eigenvalue weighted by Crippen LogP contribution is 1.99. The summed E-state index contributed by atoms with van der Waals surface area (Å²) in [5, 5.41) is 19.2. The van der Waals surface area contributed by atoms with Crippen molar-refractivity contribution in [3.63, 3.8) is 0 Å². The van der Waals surface area contributed by atoms with E-state index >= 15 is 0 Å². The molecule has 0 radical (unpaired) electrons. The molecule has 0 bridgehead atoms. The largest absolute Gasteiger partial charge is 0.548 e. The van der Waals surface area contributed by atoms with Gasteiger partial charge in [0.05, 0.1) is 12.0 Å². The first kappa shape index (κ1) is 14.7. The molecule has 0 saturated carbocycles. The van der Waals surface area contributed by atoms with Gasteiger partial charge in [0.25, 0.3) is 0 Å². The summed E-state index contributed by atoms with van der Waals surface area (Å²) in [6.07, 6.45) is 4.35. The zero-order chi connectivity index (χ0) is 14.3. The molecular formula is C10H15N4O5+. The van der Waals surface area contributed by atoms with E-state index in [9.17, 15) is 9.90 Å². The zero-order valence-electron chi connectivity index (χ0n) is 10.0. The fraction of sp³-hybridized carbons (Fsp3) is 0.200. The predicted octanol–water partition coefficient (Wildman–Crippen LogP) is -2.90. The van der Waals surface area contributed by atoms with Crippen molar-refractivity contribution in [3.8, 4) is 0 Å². The van der Waals surface area contributed by atoms with Crippen molar-refractivity contribution in [2.45, 2.75) is 12.5 Å². The number of aliphatic carboxylic acids is 1. The molecule has 1 aromatic rings. The van der Waals surface area contributed by atoms with Gasteiger partial charge in [-0.2, -0.15) is 0 Å². The fourth-order valence-corrected chi connectivity index (χ4v) is 1.14. The number of hydrogen-bond donors (Lipinski definition) is 4. The average Bonchev–Trinajstić information content (AvgIpc) is 2.89. The smallest absolute Gasteiger partial charge is 0.239 e. The van der Waals surface area contributed by atoms with E-state index < -0.39 is 12.0 Å². The monoisotopic (exact) mass is 271 g/mol. The highest BCUT2D eigenvalue weighted by Gasteiger charge is 2.14. The molecule has 1 atom stereocenters. The number of quaternary nitrogens is 1. The second-order valence-electron chi connectivity index (χ2n) is 3.59. The molecule has 0 aliphatic rings. The Balaban J connectivity index is 2.51. The van der Waals surface area contributed by atoms with E-state index in [4.69, 9.17) is 10.1 Å². The van der Waals surface area contributed by atoms with Gasteiger partial charge in [0.1, 0.15) is 11.9 Å². The first-order valence-electron chi connectivity index (χ1n) is 5.22. The van der Waals surface area contributed by atoms with Gasteiger partial charge in [-0.3, -0.25) is 4.98 Å². The van der Waals surface area contributed by atoms with Crippen LogP contribution in [0.15, 0.2) is 36.8 Å². The van der Waals surface area contributed by atoms with Crippen LogP contribution in [0.1, 0.15) is 5.69 Å². The summed E-state index contributed by atoms with van der Waals surface area (Å²) in [5.74, 6) is -1.45. The van der Waals surface area contributed by atoms with Gasteiger partial charge in [-0.15, -0.1) is 5.48 Å². The van der Waals surface area contributed by atoms with E-state index in [-0.39, 0.29) is 17.9 Å². The van der Waals surface area contributed by atoms with Crippen LogP contribution in [-0.2, 0) is 20.9 Å². The number of hydrogen-bond acceptors (Lipinski definition) is 6. The average molecular weight is 271 g/mol. The Morgan fingerprint density at radius 3 is 3.05 bits per heavy atom. The number of nitrogens with one attached hydrogen (secondary N) is 3. The minimum Gasteiger partial charge on any atom is -0.548 e. The Morgan fingerprint density at radius 1 is 1.79 bits per heavy atom. The molecule has 0 aliphatic heterocycles. The Labute approximate surface area is 108 Å². The minimum absolute atomic E-state index is 0.120. The quantitative estimate of drug-likeness (QED) is 0.172. The zero-order valence-corrected chi connectivity index (χ0v) is 10.0. The molecule has 0 spiro atoms. The van der Waals surface area contributed by atoms with Crippen LogP contribution in [0.2, 0.25) is 0 Å². The van der Waals surface area contributed by atoms with Gasteiger partial charge in [0.2, 0.25) is 17.8 Å². The molecule has 19 heavy (non-hydrogen) atoms. The molecule has 7 N–H and O–H groups in total. The van der Waals surface area contributed by atoms with Crippen LogP contribution < -0.4 is 21.3 Å². The maximum atomic E-state index is 10.9. The van der Waals surface area contributed by atoms with E-state index in [1.54, 1.807) is 12.5 Å². The molecule has 0 aromatic carbocycles. The van der Waals surface area contributed by atoms with Gasteiger partial charge >= 0.3 is 0 Å². The number of carboxylic acids is 1. The topological polar surface area (TPSA) is 148 Å². The third kappa shape index (κ3) is 4.79. The van der Waals surface area contributed by atoms with E-state index in [2.05, 4.69) is 32.6 Å². The Hall–Kier alpha value is -2.36. The van der Waals surface area contributed by atoms with E-state index in [0.29, 0.717) is 5.69 Å². The summed E-state index contributed by atoms with van der Waals surface area (Å²) < 4.78 is 0. The van der Waals surface area contributed by atoms with E-state index in [0.717, 1.165) is 6.26 Å². The van der Waals surface area contributed by atoms with Crippen molar-refractivity contribution in [2.24, 2.45) is 0 Å². The van der Waals surface area contributed by atoms with Crippen LogP contribution in [0.3, 0.4) is 0 Å². The number of aromatic amines is 2. The van der Waals surface area contributed by atoms with Crippen LogP contribution in [0, 0.1) is 0 Å². The summed E-state index contributed by atoms with van der Waals surface area (Å²) in [6, 6.07) is -1.07. The predicted molar refractivity (Wildman–Crippen MR) is 57.9 cm³/mol. The normalized spacial score (nSPS) is 12.8. The van der Waals surface area contributed by atoms with Crippen molar-refractivity contribution in [3.05, 3.63) is 42.5 Å². The molecule has 1 rings (SSSR count). The molecular weight excluding hydrogens is 256 g/mol. The number of imidazole rings is 1. The number of hydroxylamine groups is 1. The van der Waals surface area contributed by atoms with Crippen molar-refractivity contribution < 1.29 is 35.6 Å². The van der Waals surface area contributed by atoms with Gasteiger partial charge in [0.15, 0.2) is 6.26 Å². The molecule has 0 saturated heterocycles. The van der Waals surface area contributed by atoms with Gasteiger partial charge in [-0.25, -0.2) is 10.2 Å². The summed E-state index contributed by atoms with van der Waals surface area (Å²) in [7, 11) is 0. The van der Waals surface area contributed by atoms with E-state index in [1.165, 1.54) is 0 Å². The molecule has 104 valence electrons. The van der Waals surface area contributed by atoms with Crippen LogP contribution in [0.25, 0.3) is 0 Å². The fourth-order valence-electron chi connectivity index (χ4n) is 1.14. The second-order valence-corrected chi connectivity index (χ2v) is 3.59. The van der Waals surface area contributed by atoms with Crippen molar-refractivity contribution in [1.29, 1.82) is 0 Å². The number of carboxylic acid groups (broad SMARTS) is 1. The lowest BCUT2D eigenvalue weighted by Gasteiger charge is -2.16. The number of carbonyl (C=O) groups excluding carboxylic acids is 1. The number of aromatic nitrogens is 2. The molecule has 9 heteroatoms. The Bertz CT molecular complexity index is 456. The lowest BCUT2D eigenvalue weighted by atomic mass is 10.2. The first-order chi connectivity index (χ1) is 9.04. The maximum absolute atomic E-state index is 10.9. The molecule has 0 amide bonds. The standard InChI is InChI=1S/C10H14N4O5/c1-6(19-17)8(11)4-18-14-9(10(15)16)2-7-3-12-5-13-7/h3-5,9,14,17H,1-2,11H2,(H,12,13)(H,15,16)/p+1/b8-4+. The van der Waals surface area contributed by atoms with E-state index in [1.807, 2.05) is 0 Å². The van der Waals surface area contributed by atoms with Gasteiger partial charge in [-0.05, 0) is 6.58 Å². The highest BCUT2D eigenvalue weighted by molar-refractivity contribution is 5.71. The van der Waals surface area contributed by atoms with Crippen LogP contribution in [-0.4, -0.2) is 22.3 Å². The van der Waals surface area contributed by atoms with Crippen molar-refractivity contribution >= 4 is 5.97 Å². The summed E-state index contributed by atoms with van der Waals surface area (Å²) >= 11 is 0. The third-order valence-electron chi connectivity index (χ3n) is 2.19. The SMILES string of the molecule is C=C(OO)/C([NH3+])=C\ONC(Cc1c[nH+]c[nH]1)C(=O)[O-]. The number of H-pyrrole nitrogens is 2. The summed E-state index contributed by atoms with van der Waals surface area (Å²) in [6.45, 7) is 3.32. The van der Waals surface area contributed by atoms with Crippen LogP contribution in [0.5, 0.6) is 0 Å². The van der Waals surface area contributed by atoms with Crippen molar-refractivity contribution in [2.75, 3.05) is 0 Å². The molecule has 0 aliphatic carbocycles. The molecule has 9 nitrogen and oxygen atoms in total. The molecule has 1 aromatic heterocycles.